The maximum absolute atomic E-state index is 11.9. The van der Waals surface area contributed by atoms with E-state index < -0.39 is 18.0 Å². The second kappa shape index (κ2) is 7.17. The van der Waals surface area contributed by atoms with Gasteiger partial charge in [-0.1, -0.05) is 0 Å². The van der Waals surface area contributed by atoms with E-state index in [-0.39, 0.29) is 19.1 Å². The fraction of sp³-hybridized carbons (Fsp3) is 0.818. The topological polar surface area (TPSA) is 99.1 Å². The molecule has 18 heavy (non-hydrogen) atoms. The monoisotopic (exact) mass is 260 g/mol. The van der Waals surface area contributed by atoms with Crippen LogP contribution in [-0.4, -0.2) is 66.6 Å². The molecule has 1 saturated heterocycles. The van der Waals surface area contributed by atoms with Gasteiger partial charge in [0.2, 0.25) is 0 Å². The minimum Gasteiger partial charge on any atom is -0.480 e. The molecule has 1 heterocycles. The zero-order valence-electron chi connectivity index (χ0n) is 10.5. The van der Waals surface area contributed by atoms with Crippen LogP contribution in [-0.2, 0) is 9.53 Å². The molecule has 0 bridgehead atoms. The van der Waals surface area contributed by atoms with Crippen LogP contribution < -0.4 is 5.32 Å². The van der Waals surface area contributed by atoms with Gasteiger partial charge in [0.05, 0.1) is 6.61 Å². The number of aliphatic hydroxyl groups is 1. The molecule has 2 atom stereocenters. The SMILES string of the molecule is COCC(NC(=O)N1CCCC(CO)C1)C(=O)O. The number of piperidine rings is 1. The maximum Gasteiger partial charge on any atom is 0.328 e. The lowest BCUT2D eigenvalue weighted by Crippen LogP contribution is -2.52. The number of amides is 2. The number of hydrogen-bond acceptors (Lipinski definition) is 4. The summed E-state index contributed by atoms with van der Waals surface area (Å²) in [5.74, 6) is -1.05. The lowest BCUT2D eigenvalue weighted by molar-refractivity contribution is -0.140. The molecule has 3 N–H and O–H groups in total. The summed E-state index contributed by atoms with van der Waals surface area (Å²) in [4.78, 5) is 24.3. The van der Waals surface area contributed by atoms with Crippen molar-refractivity contribution in [3.05, 3.63) is 0 Å². The number of urea groups is 1. The standard InChI is InChI=1S/C11H20N2O5/c1-18-7-9(10(15)16)12-11(17)13-4-2-3-8(5-13)6-14/h8-9,14H,2-7H2,1H3,(H,12,17)(H,15,16). The Kier molecular flexibility index (Phi) is 5.87. The third-order valence-corrected chi connectivity index (χ3v) is 2.99. The number of nitrogens with one attached hydrogen (secondary N) is 1. The van der Waals surface area contributed by atoms with Gasteiger partial charge in [0.15, 0.2) is 6.04 Å². The number of ether oxygens (including phenoxy) is 1. The van der Waals surface area contributed by atoms with Crippen LogP contribution in [0.1, 0.15) is 12.8 Å². The van der Waals surface area contributed by atoms with Crippen LogP contribution in [0.4, 0.5) is 4.79 Å². The number of aliphatic hydroxyl groups excluding tert-OH is 1. The van der Waals surface area contributed by atoms with E-state index in [9.17, 15) is 9.59 Å². The van der Waals surface area contributed by atoms with Crippen molar-refractivity contribution in [3.8, 4) is 0 Å². The lowest BCUT2D eigenvalue weighted by Gasteiger charge is -2.32. The van der Waals surface area contributed by atoms with Crippen LogP contribution in [0.2, 0.25) is 0 Å². The van der Waals surface area contributed by atoms with Gasteiger partial charge < -0.3 is 25.2 Å². The third kappa shape index (κ3) is 4.15. The van der Waals surface area contributed by atoms with Gasteiger partial charge in [0.1, 0.15) is 0 Å². The molecule has 1 fully saturated rings. The van der Waals surface area contributed by atoms with Gasteiger partial charge in [-0.2, -0.15) is 0 Å². The van der Waals surface area contributed by atoms with Crippen LogP contribution in [0.3, 0.4) is 0 Å². The molecule has 0 aromatic rings. The molecule has 1 aliphatic heterocycles. The molecule has 1 aliphatic rings. The highest BCUT2D eigenvalue weighted by Gasteiger charge is 2.26. The van der Waals surface area contributed by atoms with E-state index in [4.69, 9.17) is 14.9 Å². The molecule has 2 unspecified atom stereocenters. The number of rotatable bonds is 5. The summed E-state index contributed by atoms with van der Waals surface area (Å²) in [6.45, 7) is 1.02. The summed E-state index contributed by atoms with van der Waals surface area (Å²) in [6, 6.07) is -1.46. The van der Waals surface area contributed by atoms with Crippen molar-refractivity contribution in [2.45, 2.75) is 18.9 Å². The number of aliphatic carboxylic acids is 1. The average Bonchev–Trinajstić information content (AvgIpc) is 2.38. The number of likely N-dealkylation sites (tertiary alicyclic amines) is 1. The molecular formula is C11H20N2O5. The van der Waals surface area contributed by atoms with Crippen LogP contribution >= 0.6 is 0 Å². The van der Waals surface area contributed by atoms with Gasteiger partial charge in [0.25, 0.3) is 0 Å². The fourth-order valence-electron chi connectivity index (χ4n) is 1.98. The average molecular weight is 260 g/mol. The van der Waals surface area contributed by atoms with Gasteiger partial charge in [-0.15, -0.1) is 0 Å². The molecule has 7 nitrogen and oxygen atoms in total. The first-order valence-electron chi connectivity index (χ1n) is 5.96. The minimum absolute atomic E-state index is 0.0458. The molecule has 0 aromatic heterocycles. The molecule has 0 spiro atoms. The van der Waals surface area contributed by atoms with E-state index in [0.717, 1.165) is 12.8 Å². The Morgan fingerprint density at radius 1 is 1.56 bits per heavy atom. The summed E-state index contributed by atoms with van der Waals surface area (Å²) in [5, 5.41) is 20.4. The van der Waals surface area contributed by atoms with Crippen molar-refractivity contribution in [1.29, 1.82) is 0 Å². The predicted octanol–water partition coefficient (Wildman–Crippen LogP) is -0.500. The second-order valence-electron chi connectivity index (χ2n) is 4.43. The molecule has 0 radical (unpaired) electrons. The zero-order chi connectivity index (χ0) is 13.5. The zero-order valence-corrected chi connectivity index (χ0v) is 10.5. The number of carbonyl (C=O) groups is 2. The van der Waals surface area contributed by atoms with Crippen molar-refractivity contribution in [3.63, 3.8) is 0 Å². The highest BCUT2D eigenvalue weighted by molar-refractivity contribution is 5.82. The Labute approximate surface area is 106 Å². The Hall–Kier alpha value is -1.34. The van der Waals surface area contributed by atoms with E-state index in [1.807, 2.05) is 0 Å². The number of carbonyl (C=O) groups excluding carboxylic acids is 1. The molecular weight excluding hydrogens is 240 g/mol. The molecule has 0 aromatic carbocycles. The largest absolute Gasteiger partial charge is 0.480 e. The summed E-state index contributed by atoms with van der Waals surface area (Å²) in [5.41, 5.74) is 0. The minimum atomic E-state index is -1.12. The molecule has 1 rings (SSSR count). The van der Waals surface area contributed by atoms with Crippen molar-refractivity contribution in [2.75, 3.05) is 33.4 Å². The van der Waals surface area contributed by atoms with Crippen LogP contribution in [0, 0.1) is 5.92 Å². The molecule has 7 heteroatoms. The van der Waals surface area contributed by atoms with Gasteiger partial charge in [0, 0.05) is 26.8 Å². The smallest absolute Gasteiger partial charge is 0.328 e. The van der Waals surface area contributed by atoms with Crippen molar-refractivity contribution >= 4 is 12.0 Å². The molecule has 2 amide bonds. The first-order chi connectivity index (χ1) is 8.58. The Morgan fingerprint density at radius 2 is 2.28 bits per heavy atom. The van der Waals surface area contributed by atoms with Crippen LogP contribution in [0.15, 0.2) is 0 Å². The highest BCUT2D eigenvalue weighted by Crippen LogP contribution is 2.15. The Bertz CT molecular complexity index is 297. The van der Waals surface area contributed by atoms with Crippen molar-refractivity contribution in [2.24, 2.45) is 5.92 Å². The van der Waals surface area contributed by atoms with Crippen LogP contribution in [0.5, 0.6) is 0 Å². The summed E-state index contributed by atoms with van der Waals surface area (Å²) < 4.78 is 4.74. The van der Waals surface area contributed by atoms with Crippen LogP contribution in [0.25, 0.3) is 0 Å². The summed E-state index contributed by atoms with van der Waals surface area (Å²) in [7, 11) is 1.38. The highest BCUT2D eigenvalue weighted by atomic mass is 16.5. The van der Waals surface area contributed by atoms with Crippen molar-refractivity contribution in [1.82, 2.24) is 10.2 Å². The van der Waals surface area contributed by atoms with Gasteiger partial charge >= 0.3 is 12.0 Å². The lowest BCUT2D eigenvalue weighted by atomic mass is 9.99. The molecule has 0 saturated carbocycles. The third-order valence-electron chi connectivity index (χ3n) is 2.99. The number of nitrogens with zero attached hydrogens (tertiary/aromatic N) is 1. The van der Waals surface area contributed by atoms with E-state index in [1.165, 1.54) is 12.0 Å². The van der Waals surface area contributed by atoms with Crippen molar-refractivity contribution < 1.29 is 24.5 Å². The van der Waals surface area contributed by atoms with Gasteiger partial charge in [-0.3, -0.25) is 0 Å². The fourth-order valence-corrected chi connectivity index (χ4v) is 1.98. The van der Waals surface area contributed by atoms with E-state index in [0.29, 0.717) is 13.1 Å². The summed E-state index contributed by atoms with van der Waals surface area (Å²) in [6.07, 6.45) is 1.71. The Morgan fingerprint density at radius 3 is 2.83 bits per heavy atom. The molecule has 0 aliphatic carbocycles. The molecule has 104 valence electrons. The van der Waals surface area contributed by atoms with Gasteiger partial charge in [-0.05, 0) is 18.8 Å². The maximum atomic E-state index is 11.9. The van der Waals surface area contributed by atoms with E-state index >= 15 is 0 Å². The van der Waals surface area contributed by atoms with E-state index in [1.54, 1.807) is 0 Å². The second-order valence-corrected chi connectivity index (χ2v) is 4.43. The van der Waals surface area contributed by atoms with Gasteiger partial charge in [-0.25, -0.2) is 9.59 Å². The number of methoxy groups -OCH3 is 1. The van der Waals surface area contributed by atoms with E-state index in [2.05, 4.69) is 5.32 Å². The number of hydrogen-bond donors (Lipinski definition) is 3. The quantitative estimate of drug-likeness (QED) is 0.619. The Balaban J connectivity index is 2.50. The first-order valence-corrected chi connectivity index (χ1v) is 5.96. The number of carboxylic acids is 1. The normalized spacial score (nSPS) is 21.4. The number of carboxylic acid groups (broad SMARTS) is 1. The predicted molar refractivity (Wildman–Crippen MR) is 63.2 cm³/mol. The first kappa shape index (κ1) is 14.7. The summed E-state index contributed by atoms with van der Waals surface area (Å²) >= 11 is 0.